The monoisotopic (exact) mass is 243 g/mol. The lowest BCUT2D eigenvalue weighted by molar-refractivity contribution is -0.154. The van der Waals surface area contributed by atoms with Crippen molar-refractivity contribution in [1.29, 1.82) is 0 Å². The molecule has 1 rings (SSSR count). The molecule has 92 valence electrons. The summed E-state index contributed by atoms with van der Waals surface area (Å²) in [7, 11) is -1.09. The lowest BCUT2D eigenvalue weighted by Crippen LogP contribution is -2.41. The van der Waals surface area contributed by atoms with Gasteiger partial charge >= 0.3 is 0 Å². The molecule has 0 aliphatic carbocycles. The van der Waals surface area contributed by atoms with Gasteiger partial charge in [-0.15, -0.1) is 0 Å². The lowest BCUT2D eigenvalue weighted by Gasteiger charge is -2.25. The summed E-state index contributed by atoms with van der Waals surface area (Å²) in [6.07, 6.45) is 1.63. The van der Waals surface area contributed by atoms with Gasteiger partial charge in [0.05, 0.1) is 0 Å². The van der Waals surface area contributed by atoms with Crippen LogP contribution in [0.2, 0.25) is 25.7 Å². The quantitative estimate of drug-likeness (QED) is 0.420. The summed E-state index contributed by atoms with van der Waals surface area (Å²) in [4.78, 5) is 24.1. The minimum absolute atomic E-state index is 0.0933. The van der Waals surface area contributed by atoms with Gasteiger partial charge in [0, 0.05) is 27.5 Å². The fourth-order valence-corrected chi connectivity index (χ4v) is 2.23. The fraction of sp³-hybridized carbons (Fsp3) is 0.818. The van der Waals surface area contributed by atoms with Crippen LogP contribution in [-0.2, 0) is 14.3 Å². The number of amides is 2. The smallest absolute Gasteiger partial charge is 0.231 e. The third-order valence-electron chi connectivity index (χ3n) is 2.60. The molecule has 0 aromatic carbocycles. The minimum atomic E-state index is -1.09. The van der Waals surface area contributed by atoms with Crippen molar-refractivity contribution < 1.29 is 14.3 Å². The summed E-state index contributed by atoms with van der Waals surface area (Å²) < 4.78 is 5.41. The van der Waals surface area contributed by atoms with E-state index in [2.05, 4.69) is 19.6 Å². The molecule has 0 N–H and O–H groups in total. The van der Waals surface area contributed by atoms with Gasteiger partial charge in [-0.05, 0) is 12.5 Å². The molecule has 1 heterocycles. The molecule has 4 nitrogen and oxygen atoms in total. The van der Waals surface area contributed by atoms with Gasteiger partial charge in [-0.2, -0.15) is 0 Å². The second-order valence-corrected chi connectivity index (χ2v) is 11.0. The molecular formula is C11H21NO3Si. The van der Waals surface area contributed by atoms with Crippen molar-refractivity contribution in [3.05, 3.63) is 0 Å². The van der Waals surface area contributed by atoms with Crippen LogP contribution in [0.5, 0.6) is 0 Å². The Morgan fingerprint density at radius 1 is 1.19 bits per heavy atom. The molecule has 16 heavy (non-hydrogen) atoms. The number of rotatable bonds is 5. The normalized spacial score (nSPS) is 18.1. The Labute approximate surface area is 98.0 Å². The zero-order chi connectivity index (χ0) is 12.2. The van der Waals surface area contributed by atoms with E-state index in [0.29, 0.717) is 25.9 Å². The van der Waals surface area contributed by atoms with Gasteiger partial charge in [0.15, 0.2) is 0 Å². The number of likely N-dealkylation sites (tertiary alicyclic amines) is 1. The Balaban J connectivity index is 2.26. The van der Waals surface area contributed by atoms with E-state index < -0.39 is 8.07 Å². The molecule has 1 saturated heterocycles. The molecule has 1 aliphatic rings. The summed E-state index contributed by atoms with van der Waals surface area (Å²) in [5.41, 5.74) is 0. The van der Waals surface area contributed by atoms with Crippen molar-refractivity contribution in [3.8, 4) is 0 Å². The van der Waals surface area contributed by atoms with E-state index >= 15 is 0 Å². The zero-order valence-corrected chi connectivity index (χ0v) is 11.4. The van der Waals surface area contributed by atoms with E-state index in [1.807, 2.05) is 0 Å². The Morgan fingerprint density at radius 3 is 2.25 bits per heavy atom. The molecule has 0 radical (unpaired) electrons. The minimum Gasteiger partial charge on any atom is -0.361 e. The molecule has 2 amide bonds. The summed E-state index contributed by atoms with van der Waals surface area (Å²) >= 11 is 0. The molecule has 0 bridgehead atoms. The van der Waals surface area contributed by atoms with Gasteiger partial charge in [-0.25, -0.2) is 0 Å². The van der Waals surface area contributed by atoms with Crippen molar-refractivity contribution >= 4 is 19.9 Å². The maximum absolute atomic E-state index is 11.4. The van der Waals surface area contributed by atoms with E-state index in [4.69, 9.17) is 4.74 Å². The highest BCUT2D eigenvalue weighted by atomic mass is 28.3. The van der Waals surface area contributed by atoms with E-state index in [1.54, 1.807) is 0 Å². The molecule has 0 saturated carbocycles. The van der Waals surface area contributed by atoms with Crippen LogP contribution in [0, 0.1) is 0 Å². The molecule has 0 aromatic rings. The van der Waals surface area contributed by atoms with Crippen molar-refractivity contribution in [3.63, 3.8) is 0 Å². The Hall–Kier alpha value is -0.683. The SMILES string of the molecule is C[Si](C)(C)CCOCN1C(=O)CCCC1=O. The predicted molar refractivity (Wildman–Crippen MR) is 64.7 cm³/mol. The van der Waals surface area contributed by atoms with E-state index in [9.17, 15) is 9.59 Å². The number of hydrogen-bond donors (Lipinski definition) is 0. The number of nitrogens with zero attached hydrogens (tertiary/aromatic N) is 1. The first kappa shape index (κ1) is 13.4. The van der Waals surface area contributed by atoms with Crippen LogP contribution in [0.25, 0.3) is 0 Å². The fourth-order valence-electron chi connectivity index (χ4n) is 1.48. The van der Waals surface area contributed by atoms with Gasteiger partial charge in [0.25, 0.3) is 0 Å². The highest BCUT2D eigenvalue weighted by molar-refractivity contribution is 6.76. The standard InChI is InChI=1S/C11H21NO3Si/c1-16(2,3)8-7-15-9-12-10(13)5-4-6-11(12)14/h4-9H2,1-3H3. The maximum Gasteiger partial charge on any atom is 0.231 e. The van der Waals surface area contributed by atoms with Crippen LogP contribution in [0.1, 0.15) is 19.3 Å². The van der Waals surface area contributed by atoms with Crippen molar-refractivity contribution in [2.45, 2.75) is 44.9 Å². The van der Waals surface area contributed by atoms with Gasteiger partial charge in [-0.3, -0.25) is 14.5 Å². The van der Waals surface area contributed by atoms with Crippen LogP contribution in [-0.4, -0.2) is 38.1 Å². The van der Waals surface area contributed by atoms with Crippen LogP contribution < -0.4 is 0 Å². The summed E-state index contributed by atoms with van der Waals surface area (Å²) in [6.45, 7) is 7.60. The van der Waals surface area contributed by atoms with Crippen LogP contribution >= 0.6 is 0 Å². The number of carbonyl (C=O) groups excluding carboxylic acids is 2. The molecule has 1 aliphatic heterocycles. The second-order valence-electron chi connectivity index (χ2n) is 5.42. The number of hydrogen-bond acceptors (Lipinski definition) is 3. The third-order valence-corrected chi connectivity index (χ3v) is 4.30. The first-order valence-electron chi connectivity index (χ1n) is 5.81. The highest BCUT2D eigenvalue weighted by Gasteiger charge is 2.25. The molecule has 1 fully saturated rings. The van der Waals surface area contributed by atoms with E-state index in [0.717, 1.165) is 6.04 Å². The first-order valence-corrected chi connectivity index (χ1v) is 9.52. The maximum atomic E-state index is 11.4. The van der Waals surface area contributed by atoms with Crippen molar-refractivity contribution in [1.82, 2.24) is 4.90 Å². The van der Waals surface area contributed by atoms with Gasteiger partial charge in [0.2, 0.25) is 11.8 Å². The lowest BCUT2D eigenvalue weighted by atomic mass is 10.1. The van der Waals surface area contributed by atoms with Gasteiger partial charge < -0.3 is 4.74 Å². The molecule has 0 aromatic heterocycles. The zero-order valence-electron chi connectivity index (χ0n) is 10.4. The third kappa shape index (κ3) is 4.45. The predicted octanol–water partition coefficient (Wildman–Crippen LogP) is 1.84. The summed E-state index contributed by atoms with van der Waals surface area (Å²) in [5.74, 6) is -0.187. The van der Waals surface area contributed by atoms with Crippen molar-refractivity contribution in [2.75, 3.05) is 13.3 Å². The average molecular weight is 243 g/mol. The number of imide groups is 1. The van der Waals surface area contributed by atoms with Crippen LogP contribution in [0.15, 0.2) is 0 Å². The first-order chi connectivity index (χ1) is 7.40. The van der Waals surface area contributed by atoms with Crippen molar-refractivity contribution in [2.24, 2.45) is 0 Å². The molecule has 0 atom stereocenters. The Bertz CT molecular complexity index is 257. The summed E-state index contributed by atoms with van der Waals surface area (Å²) in [6, 6.07) is 1.06. The number of carbonyl (C=O) groups is 2. The topological polar surface area (TPSA) is 46.6 Å². The van der Waals surface area contributed by atoms with E-state index in [-0.39, 0.29) is 18.5 Å². The number of piperidine rings is 1. The highest BCUT2D eigenvalue weighted by Crippen LogP contribution is 2.13. The van der Waals surface area contributed by atoms with Gasteiger partial charge in [0.1, 0.15) is 6.73 Å². The molecule has 0 unspecified atom stereocenters. The van der Waals surface area contributed by atoms with E-state index in [1.165, 1.54) is 4.90 Å². The van der Waals surface area contributed by atoms with Crippen LogP contribution in [0.3, 0.4) is 0 Å². The Morgan fingerprint density at radius 2 is 1.75 bits per heavy atom. The van der Waals surface area contributed by atoms with Crippen LogP contribution in [0.4, 0.5) is 0 Å². The average Bonchev–Trinajstić information content (AvgIpc) is 2.14. The Kier molecular flexibility index (Phi) is 4.67. The number of ether oxygens (including phenoxy) is 1. The molecule has 5 heteroatoms. The molecule has 0 spiro atoms. The van der Waals surface area contributed by atoms with Gasteiger partial charge in [-0.1, -0.05) is 19.6 Å². The second kappa shape index (κ2) is 5.59. The summed E-state index contributed by atoms with van der Waals surface area (Å²) in [5, 5.41) is 0. The largest absolute Gasteiger partial charge is 0.361 e. The molecular weight excluding hydrogens is 222 g/mol.